The molecule has 1 aromatic heterocycles. The number of aromatic nitrogens is 1. The maximum Gasteiger partial charge on any atom is 0.338 e. The Morgan fingerprint density at radius 2 is 1.82 bits per heavy atom. The summed E-state index contributed by atoms with van der Waals surface area (Å²) in [5.74, 6) is 0.891. The van der Waals surface area contributed by atoms with Gasteiger partial charge in [-0.15, -0.1) is 0 Å². The smallest absolute Gasteiger partial charge is 0.338 e. The molecule has 5 rings (SSSR count). The molecule has 0 fully saturated rings. The van der Waals surface area contributed by atoms with Gasteiger partial charge < -0.3 is 14.2 Å². The van der Waals surface area contributed by atoms with Gasteiger partial charge in [0.2, 0.25) is 0 Å². The van der Waals surface area contributed by atoms with Crippen molar-refractivity contribution in [2.24, 2.45) is 4.99 Å². The van der Waals surface area contributed by atoms with Crippen molar-refractivity contribution >= 4 is 34.2 Å². The maximum absolute atomic E-state index is 14.0. The number of ether oxygens (including phenoxy) is 3. The number of nitrogens with zero attached hydrogens (tertiary/aromatic N) is 2. The Bertz CT molecular complexity index is 1730. The van der Waals surface area contributed by atoms with E-state index in [1.807, 2.05) is 73.7 Å². The van der Waals surface area contributed by atoms with Gasteiger partial charge >= 0.3 is 5.97 Å². The lowest BCUT2D eigenvalue weighted by Gasteiger charge is -2.24. The number of benzene rings is 3. The quantitative estimate of drug-likeness (QED) is 0.333. The molecular formula is C30H28N2O5S. The van der Waals surface area contributed by atoms with Crippen molar-refractivity contribution in [3.05, 3.63) is 103 Å². The highest BCUT2D eigenvalue weighted by Crippen LogP contribution is 2.32. The second-order valence-corrected chi connectivity index (χ2v) is 9.72. The highest BCUT2D eigenvalue weighted by atomic mass is 32.1. The summed E-state index contributed by atoms with van der Waals surface area (Å²) in [6, 6.07) is 18.6. The number of allylic oxidation sites excluding steroid dienone is 1. The van der Waals surface area contributed by atoms with E-state index in [0.717, 1.165) is 21.9 Å². The monoisotopic (exact) mass is 528 g/mol. The van der Waals surface area contributed by atoms with Crippen LogP contribution in [-0.2, 0) is 9.53 Å². The summed E-state index contributed by atoms with van der Waals surface area (Å²) in [5, 5.41) is 2.03. The molecule has 1 aliphatic rings. The molecule has 0 N–H and O–H groups in total. The van der Waals surface area contributed by atoms with Crippen molar-refractivity contribution < 1.29 is 19.0 Å². The first-order valence-corrected chi connectivity index (χ1v) is 13.3. The zero-order valence-corrected chi connectivity index (χ0v) is 22.5. The van der Waals surface area contributed by atoms with Crippen LogP contribution in [0.2, 0.25) is 0 Å². The van der Waals surface area contributed by atoms with Gasteiger partial charge in [-0.2, -0.15) is 0 Å². The van der Waals surface area contributed by atoms with E-state index < -0.39 is 12.0 Å². The van der Waals surface area contributed by atoms with Crippen LogP contribution in [0.4, 0.5) is 0 Å². The molecule has 0 unspecified atom stereocenters. The molecule has 0 radical (unpaired) electrons. The lowest BCUT2D eigenvalue weighted by molar-refractivity contribution is -0.139. The predicted octanol–water partition coefficient (Wildman–Crippen LogP) is 4.36. The number of rotatable bonds is 7. The van der Waals surface area contributed by atoms with E-state index in [4.69, 9.17) is 14.2 Å². The molecule has 1 aliphatic heterocycles. The summed E-state index contributed by atoms with van der Waals surface area (Å²) in [4.78, 5) is 32.3. The molecule has 38 heavy (non-hydrogen) atoms. The summed E-state index contributed by atoms with van der Waals surface area (Å²) in [6.07, 6.45) is 1.87. The molecule has 194 valence electrons. The highest BCUT2D eigenvalue weighted by Gasteiger charge is 2.33. The minimum Gasteiger partial charge on any atom is -0.497 e. The predicted molar refractivity (Wildman–Crippen MR) is 149 cm³/mol. The van der Waals surface area contributed by atoms with Gasteiger partial charge in [0.1, 0.15) is 11.5 Å². The standard InChI is InChI=1S/C30H28N2O5S/c1-5-36-24-16-13-19-9-7-8-10-22(19)23(24)17-25-28(33)32-27(20-11-14-21(35-4)15-12-20)26(29(34)37-6-2)18(3)31-30(32)38-25/h7-17,27H,5-6H2,1-4H3/b25-17-/t27-/m1/s1. The maximum atomic E-state index is 14.0. The van der Waals surface area contributed by atoms with Crippen LogP contribution < -0.4 is 24.4 Å². The van der Waals surface area contributed by atoms with E-state index in [-0.39, 0.29) is 12.2 Å². The first-order chi connectivity index (χ1) is 18.5. The summed E-state index contributed by atoms with van der Waals surface area (Å²) in [7, 11) is 1.59. The molecule has 0 spiro atoms. The van der Waals surface area contributed by atoms with Crippen molar-refractivity contribution in [1.29, 1.82) is 0 Å². The van der Waals surface area contributed by atoms with Crippen LogP contribution in [0, 0.1) is 0 Å². The van der Waals surface area contributed by atoms with Gasteiger partial charge in [0, 0.05) is 5.56 Å². The van der Waals surface area contributed by atoms with E-state index in [2.05, 4.69) is 4.99 Å². The average molecular weight is 529 g/mol. The van der Waals surface area contributed by atoms with Gasteiger partial charge in [-0.3, -0.25) is 9.36 Å². The molecule has 1 atom stereocenters. The molecule has 0 amide bonds. The highest BCUT2D eigenvalue weighted by molar-refractivity contribution is 7.07. The number of hydrogen-bond donors (Lipinski definition) is 0. The largest absolute Gasteiger partial charge is 0.497 e. The van der Waals surface area contributed by atoms with E-state index in [1.54, 1.807) is 25.5 Å². The second-order valence-electron chi connectivity index (χ2n) is 8.71. The molecule has 0 saturated carbocycles. The first-order valence-electron chi connectivity index (χ1n) is 12.4. The number of carbonyl (C=O) groups excluding carboxylic acids is 1. The number of fused-ring (bicyclic) bond motifs is 2. The van der Waals surface area contributed by atoms with Crippen molar-refractivity contribution in [2.75, 3.05) is 20.3 Å². The Balaban J connectivity index is 1.76. The molecule has 4 aromatic rings. The number of carbonyl (C=O) groups is 1. The Morgan fingerprint density at radius 1 is 1.05 bits per heavy atom. The third-order valence-electron chi connectivity index (χ3n) is 6.45. The molecular weight excluding hydrogens is 500 g/mol. The number of esters is 1. The van der Waals surface area contributed by atoms with Crippen LogP contribution in [0.15, 0.2) is 81.7 Å². The van der Waals surface area contributed by atoms with Gasteiger partial charge in [-0.05, 0) is 61.4 Å². The normalized spacial score (nSPS) is 15.3. The molecule has 3 aromatic carbocycles. The molecule has 0 aliphatic carbocycles. The lowest BCUT2D eigenvalue weighted by Crippen LogP contribution is -2.39. The van der Waals surface area contributed by atoms with Crippen molar-refractivity contribution in [1.82, 2.24) is 4.57 Å². The van der Waals surface area contributed by atoms with Crippen LogP contribution in [0.1, 0.15) is 37.9 Å². The molecule has 0 saturated heterocycles. The third kappa shape index (κ3) is 4.52. The molecule has 0 bridgehead atoms. The number of methoxy groups -OCH3 is 1. The topological polar surface area (TPSA) is 79.1 Å². The summed E-state index contributed by atoms with van der Waals surface area (Å²) in [5.41, 5.74) is 2.22. The zero-order chi connectivity index (χ0) is 26.8. The van der Waals surface area contributed by atoms with E-state index in [1.165, 1.54) is 11.3 Å². The summed E-state index contributed by atoms with van der Waals surface area (Å²) in [6.45, 7) is 6.18. The van der Waals surface area contributed by atoms with Crippen LogP contribution >= 0.6 is 11.3 Å². The van der Waals surface area contributed by atoms with Crippen molar-refractivity contribution in [2.45, 2.75) is 26.8 Å². The van der Waals surface area contributed by atoms with Gasteiger partial charge in [0.15, 0.2) is 4.80 Å². The van der Waals surface area contributed by atoms with Gasteiger partial charge in [0.05, 0.1) is 42.2 Å². The van der Waals surface area contributed by atoms with Gasteiger partial charge in [0.25, 0.3) is 5.56 Å². The summed E-state index contributed by atoms with van der Waals surface area (Å²) < 4.78 is 18.7. The number of hydrogen-bond acceptors (Lipinski definition) is 7. The van der Waals surface area contributed by atoms with Crippen molar-refractivity contribution in [3.63, 3.8) is 0 Å². The van der Waals surface area contributed by atoms with Crippen LogP contribution in [0.5, 0.6) is 11.5 Å². The fraction of sp³-hybridized carbons (Fsp3) is 0.233. The van der Waals surface area contributed by atoms with Crippen LogP contribution in [0.25, 0.3) is 16.8 Å². The van der Waals surface area contributed by atoms with Gasteiger partial charge in [-0.25, -0.2) is 9.79 Å². The fourth-order valence-corrected chi connectivity index (χ4v) is 5.76. The Morgan fingerprint density at radius 3 is 2.53 bits per heavy atom. The molecule has 7 nitrogen and oxygen atoms in total. The fourth-order valence-electron chi connectivity index (χ4n) is 4.73. The van der Waals surface area contributed by atoms with E-state index in [0.29, 0.717) is 38.7 Å². The third-order valence-corrected chi connectivity index (χ3v) is 7.44. The van der Waals surface area contributed by atoms with E-state index >= 15 is 0 Å². The SMILES string of the molecule is CCOC(=O)C1=C(C)N=c2s/c(=C\c3c(OCC)ccc4ccccc34)c(=O)n2[C@@H]1c1ccc(OC)cc1. The minimum atomic E-state index is -0.683. The van der Waals surface area contributed by atoms with Crippen LogP contribution in [0.3, 0.4) is 0 Å². The minimum absolute atomic E-state index is 0.219. The van der Waals surface area contributed by atoms with Crippen LogP contribution in [-0.4, -0.2) is 30.9 Å². The molecule has 8 heteroatoms. The molecule has 2 heterocycles. The summed E-state index contributed by atoms with van der Waals surface area (Å²) >= 11 is 1.29. The zero-order valence-electron chi connectivity index (χ0n) is 21.7. The van der Waals surface area contributed by atoms with Gasteiger partial charge in [-0.1, -0.05) is 53.8 Å². The lowest BCUT2D eigenvalue weighted by atomic mass is 9.96. The average Bonchev–Trinajstić information content (AvgIpc) is 3.23. The van der Waals surface area contributed by atoms with E-state index in [9.17, 15) is 9.59 Å². The Hall–Kier alpha value is -4.17. The Kier molecular flexibility index (Phi) is 7.15. The Labute approximate surface area is 223 Å². The second kappa shape index (κ2) is 10.7. The number of thiazole rings is 1. The first kappa shape index (κ1) is 25.5. The van der Waals surface area contributed by atoms with Crippen molar-refractivity contribution in [3.8, 4) is 11.5 Å².